The molecule has 3 nitrogen and oxygen atoms in total. The smallest absolute Gasteiger partial charge is 0.229 e. The van der Waals surface area contributed by atoms with Crippen molar-refractivity contribution in [2.24, 2.45) is 0 Å². The van der Waals surface area contributed by atoms with Gasteiger partial charge in [0.1, 0.15) is 0 Å². The fourth-order valence-corrected chi connectivity index (χ4v) is 0.510. The van der Waals surface area contributed by atoms with Gasteiger partial charge in [0.25, 0.3) is 0 Å². The summed E-state index contributed by atoms with van der Waals surface area (Å²) < 4.78 is 23.7. The molecule has 0 N–H and O–H groups in total. The van der Waals surface area contributed by atoms with Crippen molar-refractivity contribution in [2.45, 2.75) is 12.8 Å². The second kappa shape index (κ2) is 4.93. The third-order valence-electron chi connectivity index (χ3n) is 0.827. The molecule has 62 valence electrons. The van der Waals surface area contributed by atoms with Crippen LogP contribution in [0.15, 0.2) is 0 Å². The molecule has 0 radical (unpaired) electrons. The second-order valence-electron chi connectivity index (χ2n) is 2.00. The highest BCUT2D eigenvalue weighted by molar-refractivity contribution is 8.13. The van der Waals surface area contributed by atoms with Crippen LogP contribution in [-0.2, 0) is 13.8 Å². The molecule has 0 spiro atoms. The molecule has 0 saturated carbocycles. The zero-order chi connectivity index (χ0) is 8.04. The summed E-state index contributed by atoms with van der Waals surface area (Å²) in [6, 6.07) is 0. The van der Waals surface area contributed by atoms with Crippen LogP contribution in [0.5, 0.6) is 0 Å². The van der Waals surface area contributed by atoms with Gasteiger partial charge in [0.2, 0.25) is 9.05 Å². The lowest BCUT2D eigenvalue weighted by molar-refractivity contribution is 0.198. The largest absolute Gasteiger partial charge is 0.381 e. The molecular weight excluding hydrogens is 176 g/mol. The van der Waals surface area contributed by atoms with Gasteiger partial charge in [-0.1, -0.05) is 0 Å². The van der Waals surface area contributed by atoms with Gasteiger partial charge in [-0.25, -0.2) is 8.42 Å². The highest BCUT2D eigenvalue weighted by Gasteiger charge is 1.94. The van der Waals surface area contributed by atoms with Crippen molar-refractivity contribution in [3.63, 3.8) is 0 Å². The van der Waals surface area contributed by atoms with Crippen molar-refractivity contribution in [1.29, 1.82) is 0 Å². The van der Waals surface area contributed by atoms with Crippen molar-refractivity contribution in [3.05, 3.63) is 0 Å². The molecule has 0 aliphatic carbocycles. The van der Waals surface area contributed by atoms with Crippen LogP contribution in [0, 0.1) is 0 Å². The normalized spacial score (nSPS) is 17.8. The molecular formula is C5H11ClO3S. The van der Waals surface area contributed by atoms with Gasteiger partial charge in [0, 0.05) is 23.9 Å². The third-order valence-corrected chi connectivity index (χ3v) is 0.827. The Morgan fingerprint density at radius 3 is 1.70 bits per heavy atom. The molecule has 0 aromatic carbocycles. The molecule has 1 aliphatic rings. The predicted octanol–water partition coefficient (Wildman–Crippen LogP) is 0.982. The van der Waals surface area contributed by atoms with Gasteiger partial charge in [-0.15, -0.1) is 0 Å². The SMILES string of the molecule is C1CCOC1.CS(=O)(=O)Cl. The minimum absolute atomic E-state index is 0.925. The molecule has 1 aliphatic heterocycles. The Kier molecular flexibility index (Phi) is 5.03. The lowest BCUT2D eigenvalue weighted by Crippen LogP contribution is -1.76. The molecule has 0 aromatic heterocycles. The molecule has 0 bridgehead atoms. The van der Waals surface area contributed by atoms with Crippen molar-refractivity contribution in [2.75, 3.05) is 19.5 Å². The molecule has 10 heavy (non-hydrogen) atoms. The van der Waals surface area contributed by atoms with Crippen LogP contribution in [0.4, 0.5) is 0 Å². The fraction of sp³-hybridized carbons (Fsp3) is 1.00. The van der Waals surface area contributed by atoms with Crippen LogP contribution < -0.4 is 0 Å². The minimum atomic E-state index is -3.19. The lowest BCUT2D eigenvalue weighted by Gasteiger charge is -1.76. The van der Waals surface area contributed by atoms with Crippen LogP contribution in [0.3, 0.4) is 0 Å². The van der Waals surface area contributed by atoms with E-state index in [1.54, 1.807) is 0 Å². The molecule has 1 saturated heterocycles. The highest BCUT2D eigenvalue weighted by Crippen LogP contribution is 1.98. The first kappa shape index (κ1) is 10.2. The van der Waals surface area contributed by atoms with Crippen molar-refractivity contribution < 1.29 is 13.2 Å². The molecule has 1 heterocycles. The van der Waals surface area contributed by atoms with Crippen LogP contribution >= 0.6 is 10.7 Å². The van der Waals surface area contributed by atoms with Gasteiger partial charge < -0.3 is 4.74 Å². The Hall–Kier alpha value is 0.200. The summed E-state index contributed by atoms with van der Waals surface area (Å²) in [6.07, 6.45) is 3.48. The molecule has 5 heteroatoms. The third kappa shape index (κ3) is 15.7. The Morgan fingerprint density at radius 1 is 1.30 bits per heavy atom. The van der Waals surface area contributed by atoms with E-state index in [1.165, 1.54) is 12.8 Å². The zero-order valence-corrected chi connectivity index (χ0v) is 7.41. The molecule has 1 rings (SSSR count). The topological polar surface area (TPSA) is 43.4 Å². The van der Waals surface area contributed by atoms with E-state index in [1.807, 2.05) is 0 Å². The summed E-state index contributed by atoms with van der Waals surface area (Å²) in [5.41, 5.74) is 0. The molecule has 0 unspecified atom stereocenters. The van der Waals surface area contributed by atoms with E-state index in [0.29, 0.717) is 0 Å². The van der Waals surface area contributed by atoms with E-state index in [9.17, 15) is 8.42 Å². The Bertz CT molecular complexity index is 144. The second-order valence-corrected chi connectivity index (χ2v) is 5.05. The fourth-order valence-electron chi connectivity index (χ4n) is 0.510. The van der Waals surface area contributed by atoms with Gasteiger partial charge in [0.15, 0.2) is 0 Å². The average molecular weight is 187 g/mol. The number of rotatable bonds is 0. The molecule has 0 amide bonds. The van der Waals surface area contributed by atoms with Crippen LogP contribution in [0.1, 0.15) is 12.8 Å². The number of halogens is 1. The maximum atomic E-state index is 9.40. The predicted molar refractivity (Wildman–Crippen MR) is 40.7 cm³/mol. The summed E-state index contributed by atoms with van der Waals surface area (Å²) >= 11 is 0. The first-order chi connectivity index (χ1) is 4.50. The first-order valence-electron chi connectivity index (χ1n) is 2.97. The summed E-state index contributed by atoms with van der Waals surface area (Å²) in [7, 11) is 1.31. The summed E-state index contributed by atoms with van der Waals surface area (Å²) in [6.45, 7) is 2.00. The maximum Gasteiger partial charge on any atom is 0.229 e. The summed E-state index contributed by atoms with van der Waals surface area (Å²) in [4.78, 5) is 0. The summed E-state index contributed by atoms with van der Waals surface area (Å²) in [5, 5.41) is 0. The zero-order valence-electron chi connectivity index (χ0n) is 5.84. The first-order valence-corrected chi connectivity index (χ1v) is 5.69. The van der Waals surface area contributed by atoms with E-state index in [2.05, 4.69) is 10.7 Å². The quantitative estimate of drug-likeness (QED) is 0.530. The van der Waals surface area contributed by atoms with E-state index in [4.69, 9.17) is 4.74 Å². The number of ether oxygens (including phenoxy) is 1. The monoisotopic (exact) mass is 186 g/mol. The van der Waals surface area contributed by atoms with Crippen LogP contribution in [-0.4, -0.2) is 27.9 Å². The Morgan fingerprint density at radius 2 is 1.60 bits per heavy atom. The molecule has 0 atom stereocenters. The number of hydrogen-bond donors (Lipinski definition) is 0. The van der Waals surface area contributed by atoms with E-state index < -0.39 is 9.05 Å². The Labute approximate surface area is 65.7 Å². The summed E-state index contributed by atoms with van der Waals surface area (Å²) in [5.74, 6) is 0. The van der Waals surface area contributed by atoms with Gasteiger partial charge in [-0.2, -0.15) is 0 Å². The van der Waals surface area contributed by atoms with Crippen molar-refractivity contribution in [1.82, 2.24) is 0 Å². The van der Waals surface area contributed by atoms with Crippen molar-refractivity contribution >= 4 is 19.7 Å². The van der Waals surface area contributed by atoms with Gasteiger partial charge in [0.05, 0.1) is 6.26 Å². The van der Waals surface area contributed by atoms with Crippen LogP contribution in [0.25, 0.3) is 0 Å². The van der Waals surface area contributed by atoms with Gasteiger partial charge in [-0.3, -0.25) is 0 Å². The van der Waals surface area contributed by atoms with Gasteiger partial charge >= 0.3 is 0 Å². The van der Waals surface area contributed by atoms with Gasteiger partial charge in [-0.05, 0) is 12.8 Å². The van der Waals surface area contributed by atoms with E-state index in [0.717, 1.165) is 19.5 Å². The van der Waals surface area contributed by atoms with E-state index in [-0.39, 0.29) is 0 Å². The molecule has 0 aromatic rings. The number of hydrogen-bond acceptors (Lipinski definition) is 3. The maximum absolute atomic E-state index is 9.40. The Balaban J connectivity index is 0.000000162. The van der Waals surface area contributed by atoms with Crippen molar-refractivity contribution in [3.8, 4) is 0 Å². The standard InChI is InChI=1S/C4H8O.CH3ClO2S/c1-2-4-5-3-1;1-5(2,3)4/h1-4H2;1H3. The minimum Gasteiger partial charge on any atom is -0.381 e. The van der Waals surface area contributed by atoms with Crippen LogP contribution in [0.2, 0.25) is 0 Å². The highest BCUT2D eigenvalue weighted by atomic mass is 35.7. The molecule has 1 fully saturated rings. The lowest BCUT2D eigenvalue weighted by atomic mass is 10.4. The van der Waals surface area contributed by atoms with E-state index >= 15 is 0 Å². The average Bonchev–Trinajstić information content (AvgIpc) is 2.07.